The molecule has 35 heavy (non-hydrogen) atoms. The van der Waals surface area contributed by atoms with Crippen molar-refractivity contribution >= 4 is 11.8 Å². The minimum atomic E-state index is -6.20. The number of alkyl halides is 6. The summed E-state index contributed by atoms with van der Waals surface area (Å²) in [6.45, 7) is 13.0. The van der Waals surface area contributed by atoms with Crippen LogP contribution >= 0.6 is 0 Å². The third-order valence-electron chi connectivity index (χ3n) is 5.81. The van der Waals surface area contributed by atoms with Crippen molar-refractivity contribution in [2.75, 3.05) is 26.2 Å². The average Bonchev–Trinajstić information content (AvgIpc) is 2.71. The first-order valence-electron chi connectivity index (χ1n) is 12.5. The van der Waals surface area contributed by atoms with Crippen molar-refractivity contribution < 1.29 is 35.9 Å². The Bertz CT molecular complexity index is 588. The normalized spacial score (nSPS) is 13.3. The van der Waals surface area contributed by atoms with E-state index < -0.39 is 29.6 Å². The lowest BCUT2D eigenvalue weighted by Gasteiger charge is -2.37. The van der Waals surface area contributed by atoms with E-state index in [4.69, 9.17) is 0 Å². The van der Waals surface area contributed by atoms with Gasteiger partial charge in [0, 0.05) is 26.2 Å². The molecular weight excluding hydrogens is 474 g/mol. The number of amides is 2. The molecule has 0 aliphatic rings. The standard InChI is InChI=1S/C25H44F6N2O2/c1-17(2)9-13-32(14-10-18(3)4)21(34)23(26,27)25(30,31)24(28,29)22(35)33(15-11-19(5)6)16-12-20(7)8/h17-20H,9-16H2,1-8H3. The number of hydrogen-bond donors (Lipinski definition) is 0. The summed E-state index contributed by atoms with van der Waals surface area (Å²) in [6.07, 6.45) is 0.940. The second-order valence-electron chi connectivity index (χ2n) is 11.0. The zero-order chi connectivity index (χ0) is 27.8. The van der Waals surface area contributed by atoms with Gasteiger partial charge in [-0.3, -0.25) is 9.59 Å². The molecule has 0 aromatic carbocycles. The van der Waals surface area contributed by atoms with E-state index in [1.807, 2.05) is 0 Å². The number of hydrogen-bond acceptors (Lipinski definition) is 2. The van der Waals surface area contributed by atoms with Crippen LogP contribution in [-0.2, 0) is 9.59 Å². The second-order valence-corrected chi connectivity index (χ2v) is 11.0. The molecule has 0 N–H and O–H groups in total. The van der Waals surface area contributed by atoms with E-state index >= 15 is 0 Å². The molecule has 0 atom stereocenters. The minimum absolute atomic E-state index is 0.0306. The Morgan fingerprint density at radius 2 is 0.714 bits per heavy atom. The Labute approximate surface area is 206 Å². The van der Waals surface area contributed by atoms with Crippen molar-refractivity contribution in [2.24, 2.45) is 23.7 Å². The SMILES string of the molecule is CC(C)CCN(CCC(C)C)C(=O)C(F)(F)C(F)(F)C(F)(F)C(=O)N(CCC(C)C)CCC(C)C. The van der Waals surface area contributed by atoms with Crippen LogP contribution in [0.2, 0.25) is 0 Å². The van der Waals surface area contributed by atoms with E-state index in [9.17, 15) is 35.9 Å². The smallest absolute Gasteiger partial charge is 0.337 e. The summed E-state index contributed by atoms with van der Waals surface area (Å²) in [5.41, 5.74) is 0. The molecule has 0 rings (SSSR count). The third kappa shape index (κ3) is 9.48. The van der Waals surface area contributed by atoms with Gasteiger partial charge in [-0.2, -0.15) is 26.3 Å². The van der Waals surface area contributed by atoms with E-state index in [1.54, 1.807) is 55.4 Å². The molecule has 0 aliphatic carbocycles. The number of rotatable bonds is 16. The van der Waals surface area contributed by atoms with E-state index in [2.05, 4.69) is 0 Å². The lowest BCUT2D eigenvalue weighted by atomic mass is 9.99. The fourth-order valence-corrected chi connectivity index (χ4v) is 3.15. The topological polar surface area (TPSA) is 40.6 Å². The van der Waals surface area contributed by atoms with Crippen LogP contribution in [0.1, 0.15) is 81.1 Å². The van der Waals surface area contributed by atoms with Crippen molar-refractivity contribution in [1.29, 1.82) is 0 Å². The van der Waals surface area contributed by atoms with E-state index in [0.717, 1.165) is 0 Å². The second kappa shape index (κ2) is 13.7. The average molecular weight is 519 g/mol. The number of carbonyl (C=O) groups is 2. The Morgan fingerprint density at radius 3 is 0.886 bits per heavy atom. The van der Waals surface area contributed by atoms with Crippen molar-refractivity contribution in [1.82, 2.24) is 9.80 Å². The highest BCUT2D eigenvalue weighted by Crippen LogP contribution is 2.47. The summed E-state index contributed by atoms with van der Waals surface area (Å²) in [5, 5.41) is 0. The maximum atomic E-state index is 14.8. The molecule has 4 nitrogen and oxygen atoms in total. The maximum absolute atomic E-state index is 14.8. The number of halogens is 6. The highest BCUT2D eigenvalue weighted by Gasteiger charge is 2.78. The van der Waals surface area contributed by atoms with Crippen LogP contribution in [0.3, 0.4) is 0 Å². The highest BCUT2D eigenvalue weighted by molar-refractivity contribution is 5.90. The van der Waals surface area contributed by atoms with Crippen molar-refractivity contribution in [3.05, 3.63) is 0 Å². The Hall–Kier alpha value is -1.48. The summed E-state index contributed by atoms with van der Waals surface area (Å²) < 4.78 is 89.0. The van der Waals surface area contributed by atoms with Gasteiger partial charge in [-0.25, -0.2) is 0 Å². The van der Waals surface area contributed by atoms with Crippen molar-refractivity contribution in [3.8, 4) is 0 Å². The minimum Gasteiger partial charge on any atom is -0.337 e. The van der Waals surface area contributed by atoms with Gasteiger partial charge in [0.2, 0.25) is 0 Å². The molecular formula is C25H44F6N2O2. The van der Waals surface area contributed by atoms with Crippen LogP contribution in [0, 0.1) is 23.7 Å². The lowest BCUT2D eigenvalue weighted by molar-refractivity contribution is -0.293. The molecule has 0 saturated carbocycles. The maximum Gasteiger partial charge on any atom is 0.393 e. The molecule has 0 spiro atoms. The van der Waals surface area contributed by atoms with E-state index in [-0.39, 0.29) is 75.5 Å². The first-order chi connectivity index (χ1) is 15.8. The largest absolute Gasteiger partial charge is 0.393 e. The van der Waals surface area contributed by atoms with Crippen LogP contribution in [0.5, 0.6) is 0 Å². The van der Waals surface area contributed by atoms with Gasteiger partial charge < -0.3 is 9.80 Å². The quantitative estimate of drug-likeness (QED) is 0.213. The summed E-state index contributed by atoms with van der Waals surface area (Å²) in [5.74, 6) is -22.6. The van der Waals surface area contributed by atoms with Gasteiger partial charge in [-0.1, -0.05) is 55.4 Å². The fourth-order valence-electron chi connectivity index (χ4n) is 3.15. The molecule has 0 aromatic rings. The van der Waals surface area contributed by atoms with Gasteiger partial charge in [0.05, 0.1) is 0 Å². The molecule has 208 valence electrons. The van der Waals surface area contributed by atoms with E-state index in [1.165, 1.54) is 0 Å². The van der Waals surface area contributed by atoms with Gasteiger partial charge in [0.15, 0.2) is 0 Å². The molecule has 0 radical (unpaired) electrons. The molecule has 0 bridgehead atoms. The van der Waals surface area contributed by atoms with Gasteiger partial charge >= 0.3 is 17.8 Å². The Kier molecular flexibility index (Phi) is 13.1. The van der Waals surface area contributed by atoms with Crippen LogP contribution in [0.4, 0.5) is 26.3 Å². The van der Waals surface area contributed by atoms with Gasteiger partial charge in [-0.05, 0) is 49.4 Å². The van der Waals surface area contributed by atoms with Gasteiger partial charge in [0.25, 0.3) is 11.8 Å². The molecule has 0 aromatic heterocycles. The predicted molar refractivity (Wildman–Crippen MR) is 126 cm³/mol. The number of carbonyl (C=O) groups excluding carboxylic acids is 2. The summed E-state index contributed by atoms with van der Waals surface area (Å²) in [4.78, 5) is 26.1. The molecule has 2 amide bonds. The van der Waals surface area contributed by atoms with E-state index in [0.29, 0.717) is 9.80 Å². The fraction of sp³-hybridized carbons (Fsp3) is 0.920. The first-order valence-corrected chi connectivity index (χ1v) is 12.5. The summed E-state index contributed by atoms with van der Waals surface area (Å²) >= 11 is 0. The van der Waals surface area contributed by atoms with Crippen LogP contribution in [0.15, 0.2) is 0 Å². The summed E-state index contributed by atoms with van der Waals surface area (Å²) in [7, 11) is 0. The zero-order valence-electron chi connectivity index (χ0n) is 22.4. The van der Waals surface area contributed by atoms with Crippen LogP contribution < -0.4 is 0 Å². The molecule has 0 fully saturated rings. The van der Waals surface area contributed by atoms with Crippen molar-refractivity contribution in [2.45, 2.75) is 98.8 Å². The first kappa shape index (κ1) is 33.5. The highest BCUT2D eigenvalue weighted by atomic mass is 19.3. The van der Waals surface area contributed by atoms with Crippen molar-refractivity contribution in [3.63, 3.8) is 0 Å². The molecule has 0 saturated heterocycles. The zero-order valence-corrected chi connectivity index (χ0v) is 22.4. The molecule has 0 heterocycles. The molecule has 0 unspecified atom stereocenters. The summed E-state index contributed by atoms with van der Waals surface area (Å²) in [6, 6.07) is 0. The van der Waals surface area contributed by atoms with Crippen LogP contribution in [-0.4, -0.2) is 65.6 Å². The predicted octanol–water partition coefficient (Wildman–Crippen LogP) is 6.73. The molecule has 0 aliphatic heterocycles. The van der Waals surface area contributed by atoms with Crippen LogP contribution in [0.25, 0.3) is 0 Å². The Morgan fingerprint density at radius 1 is 0.514 bits per heavy atom. The third-order valence-corrected chi connectivity index (χ3v) is 5.81. The van der Waals surface area contributed by atoms with Gasteiger partial charge in [0.1, 0.15) is 0 Å². The lowest BCUT2D eigenvalue weighted by Crippen LogP contribution is -2.66. The molecule has 10 heteroatoms. The number of nitrogens with zero attached hydrogens (tertiary/aromatic N) is 2. The van der Waals surface area contributed by atoms with Gasteiger partial charge in [-0.15, -0.1) is 0 Å². The monoisotopic (exact) mass is 518 g/mol. The Balaban J connectivity index is 6.05.